The first kappa shape index (κ1) is 15.6. The highest BCUT2D eigenvalue weighted by atomic mass is 35.5. The third kappa shape index (κ3) is 3.55. The van der Waals surface area contributed by atoms with Crippen LogP contribution in [0.2, 0.25) is 5.02 Å². The molecule has 0 aliphatic heterocycles. The van der Waals surface area contributed by atoms with E-state index >= 15 is 0 Å². The van der Waals surface area contributed by atoms with Crippen LogP contribution in [0.1, 0.15) is 16.7 Å². The molecule has 0 atom stereocenters. The Morgan fingerprint density at radius 1 is 1.00 bits per heavy atom. The number of hydrogen-bond donors (Lipinski definition) is 1. The Balaban J connectivity index is 1.88. The summed E-state index contributed by atoms with van der Waals surface area (Å²) in [5.74, 6) is 0. The Kier molecular flexibility index (Phi) is 4.65. The molecule has 0 fully saturated rings. The summed E-state index contributed by atoms with van der Waals surface area (Å²) >= 11 is 12.0. The maximum atomic E-state index is 6.43. The normalized spacial score (nSPS) is 10.3. The monoisotopic (exact) mass is 339 g/mol. The lowest BCUT2D eigenvalue weighted by Crippen LogP contribution is -2.03. The van der Waals surface area contributed by atoms with Crippen molar-refractivity contribution in [1.82, 2.24) is 9.97 Å². The highest BCUT2D eigenvalue weighted by Crippen LogP contribution is 2.26. The van der Waals surface area contributed by atoms with E-state index in [-0.39, 0.29) is 0 Å². The number of aromatic nitrogens is 2. The summed E-state index contributed by atoms with van der Waals surface area (Å²) in [4.78, 5) is 8.69. The fourth-order valence-electron chi connectivity index (χ4n) is 2.28. The first-order valence-electron chi connectivity index (χ1n) is 7.07. The fraction of sp³-hybridized carbons (Fsp3) is 0.0556. The van der Waals surface area contributed by atoms with E-state index < -0.39 is 0 Å². The zero-order chi connectivity index (χ0) is 16.2. The van der Waals surface area contributed by atoms with E-state index in [9.17, 15) is 0 Å². The van der Waals surface area contributed by atoms with Crippen molar-refractivity contribution in [2.24, 2.45) is 0 Å². The topological polar surface area (TPSA) is 37.8 Å². The molecule has 3 aromatic rings. The van der Waals surface area contributed by atoms with Crippen molar-refractivity contribution in [1.29, 1.82) is 0 Å². The first-order chi connectivity index (χ1) is 11.1. The second-order valence-corrected chi connectivity index (χ2v) is 5.91. The van der Waals surface area contributed by atoms with Gasteiger partial charge in [0.15, 0.2) is 0 Å². The van der Waals surface area contributed by atoms with E-state index in [1.54, 1.807) is 12.4 Å². The summed E-state index contributed by atoms with van der Waals surface area (Å²) < 4.78 is 0. The maximum absolute atomic E-state index is 6.43. The van der Waals surface area contributed by atoms with Crippen molar-refractivity contribution >= 4 is 40.1 Å². The van der Waals surface area contributed by atoms with Crippen molar-refractivity contribution in [2.45, 2.75) is 6.92 Å². The van der Waals surface area contributed by atoms with Crippen LogP contribution in [0.3, 0.4) is 0 Å². The molecule has 5 heteroatoms. The van der Waals surface area contributed by atoms with Crippen LogP contribution in [0, 0.1) is 6.92 Å². The molecule has 0 aliphatic carbocycles. The molecular weight excluding hydrogens is 326 g/mol. The summed E-state index contributed by atoms with van der Waals surface area (Å²) in [5.41, 5.74) is 4.68. The number of nitrogens with one attached hydrogen (secondary N) is 1. The zero-order valence-corrected chi connectivity index (χ0v) is 14.0. The number of benzene rings is 2. The number of hydrogen-bond acceptors (Lipinski definition) is 4. The Bertz CT molecular complexity index is 850. The minimum absolute atomic E-state index is 0.611. The molecule has 0 saturated heterocycles. The smallest absolute Gasteiger partial charge is 0.115 e. The van der Waals surface area contributed by atoms with Crippen molar-refractivity contribution in [2.75, 3.05) is 5.32 Å². The molecule has 1 N–H and O–H groups in total. The van der Waals surface area contributed by atoms with Crippen LogP contribution in [0.15, 0.2) is 61.2 Å². The minimum Gasteiger partial charge on any atom is -0.353 e. The highest BCUT2D eigenvalue weighted by molar-refractivity contribution is 7.81. The van der Waals surface area contributed by atoms with Gasteiger partial charge >= 0.3 is 0 Å². The van der Waals surface area contributed by atoms with Crippen LogP contribution in [-0.4, -0.2) is 14.8 Å². The third-order valence-corrected chi connectivity index (χ3v) is 4.21. The molecule has 0 unspecified atom stereocenters. The van der Waals surface area contributed by atoms with Gasteiger partial charge < -0.3 is 5.32 Å². The molecule has 0 bridgehead atoms. The Morgan fingerprint density at radius 3 is 2.43 bits per heavy atom. The Hall–Kier alpha value is -2.30. The fourth-order valence-corrected chi connectivity index (χ4v) is 3.02. The van der Waals surface area contributed by atoms with Gasteiger partial charge in [-0.25, -0.2) is 9.97 Å². The Labute approximate surface area is 145 Å². The lowest BCUT2D eigenvalue weighted by Gasteiger charge is -2.12. The van der Waals surface area contributed by atoms with Gasteiger partial charge in [-0.1, -0.05) is 48.1 Å². The number of anilines is 2. The van der Waals surface area contributed by atoms with Gasteiger partial charge in [-0.2, -0.15) is 0 Å². The molecule has 0 spiro atoms. The first-order valence-corrected chi connectivity index (χ1v) is 7.85. The third-order valence-electron chi connectivity index (χ3n) is 3.45. The summed E-state index contributed by atoms with van der Waals surface area (Å²) in [7, 11) is 0. The molecule has 3 nitrogen and oxygen atoms in total. The molecule has 23 heavy (non-hydrogen) atoms. The maximum Gasteiger partial charge on any atom is 0.115 e. The molecule has 1 heterocycles. The SMILES string of the molecule is Cc1ccccc1C(=S)c1ccc(Nc2cncnc2)cc1Cl. The van der Waals surface area contributed by atoms with Gasteiger partial charge in [0.1, 0.15) is 6.33 Å². The van der Waals surface area contributed by atoms with Crippen LogP contribution in [0.4, 0.5) is 11.4 Å². The minimum atomic E-state index is 0.611. The van der Waals surface area contributed by atoms with Gasteiger partial charge in [-0.3, -0.25) is 0 Å². The van der Waals surface area contributed by atoms with Gasteiger partial charge in [0, 0.05) is 11.3 Å². The Morgan fingerprint density at radius 2 is 1.74 bits per heavy atom. The number of nitrogens with zero attached hydrogens (tertiary/aromatic N) is 2. The molecule has 0 aliphatic rings. The molecule has 1 aromatic heterocycles. The van der Waals surface area contributed by atoms with Crippen LogP contribution in [0.5, 0.6) is 0 Å². The lowest BCUT2D eigenvalue weighted by molar-refractivity contribution is 1.17. The van der Waals surface area contributed by atoms with E-state index in [0.717, 1.165) is 32.9 Å². The summed E-state index contributed by atoms with van der Waals surface area (Å²) in [5, 5.41) is 3.82. The zero-order valence-electron chi connectivity index (χ0n) is 12.5. The quantitative estimate of drug-likeness (QED) is 0.539. The average molecular weight is 340 g/mol. The van der Waals surface area contributed by atoms with Gasteiger partial charge in [-0.05, 0) is 36.2 Å². The molecule has 3 rings (SSSR count). The van der Waals surface area contributed by atoms with Crippen molar-refractivity contribution in [3.8, 4) is 0 Å². The van der Waals surface area contributed by atoms with Crippen LogP contribution in [0.25, 0.3) is 0 Å². The second kappa shape index (κ2) is 6.86. The van der Waals surface area contributed by atoms with Gasteiger partial charge in [0.25, 0.3) is 0 Å². The average Bonchev–Trinajstić information content (AvgIpc) is 2.56. The highest BCUT2D eigenvalue weighted by Gasteiger charge is 2.11. The summed E-state index contributed by atoms with van der Waals surface area (Å²) in [6.45, 7) is 2.04. The molecular formula is C18H14ClN3S. The predicted molar refractivity (Wildman–Crippen MR) is 98.7 cm³/mol. The largest absolute Gasteiger partial charge is 0.353 e. The van der Waals surface area contributed by atoms with E-state index in [2.05, 4.69) is 15.3 Å². The summed E-state index contributed by atoms with van der Waals surface area (Å²) in [6, 6.07) is 13.8. The van der Waals surface area contributed by atoms with Crippen LogP contribution >= 0.6 is 23.8 Å². The van der Waals surface area contributed by atoms with Crippen molar-refractivity contribution in [3.63, 3.8) is 0 Å². The molecule has 0 saturated carbocycles. The second-order valence-electron chi connectivity index (χ2n) is 5.09. The van der Waals surface area contributed by atoms with Gasteiger partial charge in [-0.15, -0.1) is 0 Å². The predicted octanol–water partition coefficient (Wildman–Crippen LogP) is 4.95. The van der Waals surface area contributed by atoms with E-state index in [0.29, 0.717) is 5.02 Å². The van der Waals surface area contributed by atoms with E-state index in [4.69, 9.17) is 23.8 Å². The standard InChI is InChI=1S/C18H14ClN3S/c1-12-4-2-3-5-15(12)18(23)16-7-6-13(8-17(16)19)22-14-9-20-11-21-10-14/h2-11,22H,1H3. The van der Waals surface area contributed by atoms with Gasteiger partial charge in [0.05, 0.1) is 28.0 Å². The number of aryl methyl sites for hydroxylation is 1. The molecule has 0 amide bonds. The molecule has 0 radical (unpaired) electrons. The van der Waals surface area contributed by atoms with E-state index in [1.807, 2.05) is 49.4 Å². The number of halogens is 1. The summed E-state index contributed by atoms with van der Waals surface area (Å²) in [6.07, 6.45) is 4.89. The number of thiocarbonyl (C=S) groups is 1. The molecule has 114 valence electrons. The lowest BCUT2D eigenvalue weighted by atomic mass is 10.00. The van der Waals surface area contributed by atoms with Crippen molar-refractivity contribution < 1.29 is 0 Å². The van der Waals surface area contributed by atoms with Crippen LogP contribution in [-0.2, 0) is 0 Å². The molecule has 2 aromatic carbocycles. The van der Waals surface area contributed by atoms with Crippen LogP contribution < -0.4 is 5.32 Å². The van der Waals surface area contributed by atoms with Gasteiger partial charge in [0.2, 0.25) is 0 Å². The van der Waals surface area contributed by atoms with Crippen molar-refractivity contribution in [3.05, 3.63) is 82.9 Å². The van der Waals surface area contributed by atoms with E-state index in [1.165, 1.54) is 6.33 Å². The number of rotatable bonds is 4.